The van der Waals surface area contributed by atoms with E-state index in [1.165, 1.54) is 18.4 Å². The second-order valence-corrected chi connectivity index (χ2v) is 12.4. The zero-order chi connectivity index (χ0) is 28.1. The van der Waals surface area contributed by atoms with Crippen LogP contribution in [0.4, 0.5) is 20.9 Å². The van der Waals surface area contributed by atoms with E-state index in [0.717, 1.165) is 55.6 Å². The van der Waals surface area contributed by atoms with Gasteiger partial charge in [0.1, 0.15) is 12.0 Å². The van der Waals surface area contributed by atoms with Crippen molar-refractivity contribution < 1.29 is 33.8 Å². The Morgan fingerprint density at radius 3 is 2.26 bits per heavy atom. The molecule has 0 spiro atoms. The molecule has 4 aromatic rings. The van der Waals surface area contributed by atoms with Crippen LogP contribution in [0.5, 0.6) is 0 Å². The van der Waals surface area contributed by atoms with Crippen molar-refractivity contribution in [2.24, 2.45) is 0 Å². The fourth-order valence-corrected chi connectivity index (χ4v) is 5.60. The Hall–Kier alpha value is -3.52. The van der Waals surface area contributed by atoms with E-state index in [2.05, 4.69) is 15.3 Å². The van der Waals surface area contributed by atoms with Gasteiger partial charge in [-0.2, -0.15) is 13.2 Å². The lowest BCUT2D eigenvalue weighted by atomic mass is 10.1. The summed E-state index contributed by atoms with van der Waals surface area (Å²) in [5.41, 5.74) is -4.10. The number of aromatic nitrogens is 4. The number of hydrogen-bond acceptors (Lipinski definition) is 6. The van der Waals surface area contributed by atoms with Crippen molar-refractivity contribution >= 4 is 32.8 Å². The second-order valence-electron chi connectivity index (χ2n) is 8.52. The molecule has 0 aliphatic heterocycles. The molecule has 0 aliphatic rings. The largest absolute Gasteiger partial charge is 0.482 e. The van der Waals surface area contributed by atoms with Gasteiger partial charge in [-0.05, 0) is 60.7 Å². The van der Waals surface area contributed by atoms with Crippen LogP contribution in [0.1, 0.15) is 35.6 Å². The van der Waals surface area contributed by atoms with E-state index >= 15 is 0 Å². The molecular formula is C25H23F5N4O3S2. The van der Waals surface area contributed by atoms with Gasteiger partial charge in [0.25, 0.3) is 0 Å². The number of hydrogen-bond donors (Lipinski definition) is 0. The SMILES string of the molecule is O=S(=O)(Cc1coc(C=Cc2ccc(S(F)(F)C(F)(F)F)cc2)n1)c1ccc(CCCCn2ccnn2)cc1. The molecule has 7 nitrogen and oxygen atoms in total. The molecule has 0 aliphatic carbocycles. The lowest BCUT2D eigenvalue weighted by Gasteiger charge is -2.23. The maximum atomic E-state index is 13.5. The Balaban J connectivity index is 1.32. The highest BCUT2D eigenvalue weighted by molar-refractivity contribution is 8.26. The molecule has 39 heavy (non-hydrogen) atoms. The van der Waals surface area contributed by atoms with Crippen molar-refractivity contribution in [1.29, 1.82) is 0 Å². The summed E-state index contributed by atoms with van der Waals surface area (Å²) in [7, 11) is -9.62. The molecule has 208 valence electrons. The van der Waals surface area contributed by atoms with Crippen LogP contribution in [0, 0.1) is 0 Å². The van der Waals surface area contributed by atoms with Crippen molar-refractivity contribution in [3.05, 3.63) is 89.9 Å². The van der Waals surface area contributed by atoms with Crippen molar-refractivity contribution in [3.8, 4) is 0 Å². The van der Waals surface area contributed by atoms with Crippen LogP contribution >= 0.6 is 10.8 Å². The molecule has 2 heterocycles. The Kier molecular flexibility index (Phi) is 8.54. The minimum Gasteiger partial charge on any atom is -0.445 e. The summed E-state index contributed by atoms with van der Waals surface area (Å²) in [5.74, 6) is -0.345. The number of oxazole rings is 1. The van der Waals surface area contributed by atoms with Crippen LogP contribution in [0.2, 0.25) is 0 Å². The third-order valence-corrected chi connectivity index (χ3v) is 8.76. The lowest BCUT2D eigenvalue weighted by Crippen LogP contribution is -2.12. The first-order valence-corrected chi connectivity index (χ1v) is 14.7. The zero-order valence-electron chi connectivity index (χ0n) is 20.3. The van der Waals surface area contributed by atoms with E-state index in [-0.39, 0.29) is 16.5 Å². The van der Waals surface area contributed by atoms with E-state index < -0.39 is 36.8 Å². The molecule has 2 aromatic carbocycles. The topological polar surface area (TPSA) is 90.9 Å². The molecule has 14 heteroatoms. The van der Waals surface area contributed by atoms with Crippen molar-refractivity contribution in [3.63, 3.8) is 0 Å². The molecule has 0 amide bonds. The van der Waals surface area contributed by atoms with Gasteiger partial charge in [-0.1, -0.05) is 29.5 Å². The summed E-state index contributed by atoms with van der Waals surface area (Å²) in [6, 6.07) is 10.3. The molecule has 4 rings (SSSR count). The molecule has 0 bridgehead atoms. The van der Waals surface area contributed by atoms with Crippen LogP contribution in [-0.4, -0.2) is 33.9 Å². The minimum atomic E-state index is -5.93. The Morgan fingerprint density at radius 2 is 1.62 bits per heavy atom. The standard InChI is InChI=1S/C25H23F5N4O3S2/c26-25(27,28)39(29,30)23-11-6-20(7-12-23)8-13-24-32-21(17-37-24)18-38(35,36)22-9-4-19(5-10-22)3-1-2-15-34-16-14-31-33-34/h4-14,16-17H,1-3,15,18H2. The molecule has 0 fully saturated rings. The van der Waals surface area contributed by atoms with Crippen molar-refractivity contribution in [1.82, 2.24) is 20.0 Å². The number of benzene rings is 2. The summed E-state index contributed by atoms with van der Waals surface area (Å²) >= 11 is 0. The molecule has 2 aromatic heterocycles. The van der Waals surface area contributed by atoms with Gasteiger partial charge in [-0.25, -0.2) is 13.4 Å². The summed E-state index contributed by atoms with van der Waals surface area (Å²) in [5, 5.41) is 7.66. The number of alkyl halides is 3. The summed E-state index contributed by atoms with van der Waals surface area (Å²) in [6.07, 6.45) is 9.98. The highest BCUT2D eigenvalue weighted by Crippen LogP contribution is 2.70. The molecule has 0 N–H and O–H groups in total. The predicted octanol–water partition coefficient (Wildman–Crippen LogP) is 6.89. The molecule has 0 saturated carbocycles. The van der Waals surface area contributed by atoms with Gasteiger partial charge < -0.3 is 4.42 Å². The van der Waals surface area contributed by atoms with Gasteiger partial charge in [0, 0.05) is 18.8 Å². The first kappa shape index (κ1) is 28.5. The molecule has 0 radical (unpaired) electrons. The predicted molar refractivity (Wildman–Crippen MR) is 136 cm³/mol. The fourth-order valence-electron chi connectivity index (χ4n) is 3.61. The van der Waals surface area contributed by atoms with Crippen LogP contribution in [-0.2, 0) is 28.6 Å². The van der Waals surface area contributed by atoms with Gasteiger partial charge >= 0.3 is 5.51 Å². The van der Waals surface area contributed by atoms with Gasteiger partial charge in [-0.15, -0.1) is 12.9 Å². The van der Waals surface area contributed by atoms with Gasteiger partial charge in [-0.3, -0.25) is 4.68 Å². The van der Waals surface area contributed by atoms with Crippen LogP contribution in [0.3, 0.4) is 0 Å². The van der Waals surface area contributed by atoms with Gasteiger partial charge in [0.2, 0.25) is 5.89 Å². The summed E-state index contributed by atoms with van der Waals surface area (Å²) in [6.45, 7) is 0.759. The van der Waals surface area contributed by atoms with Crippen LogP contribution in [0.15, 0.2) is 81.4 Å². The Bertz CT molecular complexity index is 1500. The monoisotopic (exact) mass is 586 g/mol. The van der Waals surface area contributed by atoms with E-state index in [0.29, 0.717) is 5.56 Å². The highest BCUT2D eigenvalue weighted by Gasteiger charge is 2.54. The second kappa shape index (κ2) is 11.7. The van der Waals surface area contributed by atoms with Gasteiger partial charge in [0.05, 0.1) is 21.7 Å². The number of unbranched alkanes of at least 4 members (excludes halogenated alkanes) is 1. The Labute approximate surface area is 223 Å². The fraction of sp³-hybridized carbons (Fsp3) is 0.240. The van der Waals surface area contributed by atoms with Crippen molar-refractivity contribution in [2.45, 2.75) is 46.9 Å². The van der Waals surface area contributed by atoms with E-state index in [9.17, 15) is 29.4 Å². The van der Waals surface area contributed by atoms with E-state index in [4.69, 9.17) is 4.42 Å². The summed E-state index contributed by atoms with van der Waals surface area (Å²) < 4.78 is 97.3. The number of halogens is 5. The third kappa shape index (κ3) is 7.32. The van der Waals surface area contributed by atoms with Crippen molar-refractivity contribution in [2.75, 3.05) is 0 Å². The van der Waals surface area contributed by atoms with Crippen LogP contribution < -0.4 is 0 Å². The summed E-state index contributed by atoms with van der Waals surface area (Å²) in [4.78, 5) is 3.16. The Morgan fingerprint density at radius 1 is 0.923 bits per heavy atom. The molecule has 0 unspecified atom stereocenters. The molecular weight excluding hydrogens is 563 g/mol. The third-order valence-electron chi connectivity index (χ3n) is 5.65. The maximum Gasteiger partial charge on any atom is 0.482 e. The highest BCUT2D eigenvalue weighted by atomic mass is 32.3. The number of nitrogens with zero attached hydrogens (tertiary/aromatic N) is 4. The van der Waals surface area contributed by atoms with Crippen LogP contribution in [0.25, 0.3) is 12.2 Å². The number of aryl methyl sites for hydroxylation is 2. The normalized spacial score (nSPS) is 13.3. The van der Waals surface area contributed by atoms with E-state index in [1.807, 2.05) is 0 Å². The average Bonchev–Trinajstić information content (AvgIpc) is 3.57. The number of rotatable bonds is 11. The van der Waals surface area contributed by atoms with Gasteiger partial charge in [0.15, 0.2) is 20.6 Å². The molecule has 0 saturated heterocycles. The first-order valence-electron chi connectivity index (χ1n) is 11.6. The maximum absolute atomic E-state index is 13.5. The first-order chi connectivity index (χ1) is 18.4. The number of sulfone groups is 1. The van der Waals surface area contributed by atoms with E-state index in [1.54, 1.807) is 41.3 Å². The molecule has 0 atom stereocenters. The average molecular weight is 587 g/mol. The quantitative estimate of drug-likeness (QED) is 0.141. The smallest absolute Gasteiger partial charge is 0.445 e. The lowest BCUT2D eigenvalue weighted by molar-refractivity contribution is -0.0463. The minimum absolute atomic E-state index is 0.0526. The zero-order valence-corrected chi connectivity index (χ0v) is 21.9.